The van der Waals surface area contributed by atoms with Gasteiger partial charge in [-0.1, -0.05) is 212 Å². The van der Waals surface area contributed by atoms with Gasteiger partial charge in [0.1, 0.15) is 0 Å². The summed E-state index contributed by atoms with van der Waals surface area (Å²) in [6, 6.07) is 73.0. The van der Waals surface area contributed by atoms with Gasteiger partial charge in [0.15, 0.2) is 0 Å². The molecule has 0 amide bonds. The zero-order valence-electron chi connectivity index (χ0n) is 33.6. The lowest BCUT2D eigenvalue weighted by Gasteiger charge is -2.24. The molecular weight excluding hydrogens is 723 g/mol. The third-order valence-corrected chi connectivity index (χ3v) is 11.9. The number of hydrogen-bond donors (Lipinski definition) is 0. The van der Waals surface area contributed by atoms with Crippen LogP contribution in [0.15, 0.2) is 241 Å². The van der Waals surface area contributed by atoms with Crippen LogP contribution < -0.4 is 0 Å². The van der Waals surface area contributed by atoms with Crippen molar-refractivity contribution in [1.82, 2.24) is 0 Å². The molecule has 0 saturated carbocycles. The zero-order valence-corrected chi connectivity index (χ0v) is 33.6. The molecule has 2 aliphatic rings. The van der Waals surface area contributed by atoms with E-state index < -0.39 is 0 Å². The largest absolute Gasteiger partial charge is 0.248 e. The molecule has 286 valence electrons. The van der Waals surface area contributed by atoms with Crippen molar-refractivity contribution in [1.29, 1.82) is 0 Å². The Labute approximate surface area is 354 Å². The van der Waals surface area contributed by atoms with Gasteiger partial charge >= 0.3 is 0 Å². The van der Waals surface area contributed by atoms with Crippen LogP contribution in [0.1, 0.15) is 36.0 Å². The van der Waals surface area contributed by atoms with Crippen molar-refractivity contribution < 1.29 is 0 Å². The van der Waals surface area contributed by atoms with Crippen LogP contribution in [0.4, 0.5) is 0 Å². The summed E-state index contributed by atoms with van der Waals surface area (Å²) in [4.78, 5) is 5.44. The van der Waals surface area contributed by atoms with Gasteiger partial charge in [-0.3, -0.25) is 0 Å². The molecule has 10 rings (SSSR count). The van der Waals surface area contributed by atoms with E-state index in [1.54, 1.807) is 0 Å². The van der Waals surface area contributed by atoms with Crippen LogP contribution in [0.25, 0.3) is 66.8 Å². The van der Waals surface area contributed by atoms with E-state index >= 15 is 0 Å². The maximum atomic E-state index is 5.44. The predicted molar refractivity (Wildman–Crippen MR) is 254 cm³/mol. The lowest BCUT2D eigenvalue weighted by atomic mass is 9.78. The minimum Gasteiger partial charge on any atom is -0.248 e. The van der Waals surface area contributed by atoms with Gasteiger partial charge in [-0.25, -0.2) is 4.99 Å². The third kappa shape index (κ3) is 7.43. The Morgan fingerprint density at radius 1 is 0.350 bits per heavy atom. The van der Waals surface area contributed by atoms with Crippen LogP contribution >= 0.6 is 0 Å². The predicted octanol–water partition coefficient (Wildman–Crippen LogP) is 15.6. The van der Waals surface area contributed by atoms with E-state index in [-0.39, 0.29) is 0 Å². The molecule has 8 aromatic carbocycles. The molecule has 1 heterocycles. The third-order valence-electron chi connectivity index (χ3n) is 11.9. The topological polar surface area (TPSA) is 12.4 Å². The first kappa shape index (κ1) is 37.0. The first-order valence-corrected chi connectivity index (χ1v) is 21.2. The Kier molecular flexibility index (Phi) is 10.4. The molecular formula is C59H45N. The number of fused-ring (bicyclic) bond motifs is 1. The Morgan fingerprint density at radius 3 is 1.52 bits per heavy atom. The van der Waals surface area contributed by atoms with Gasteiger partial charge in [0.2, 0.25) is 0 Å². The number of allylic oxidation sites excluding steroid dienone is 5. The van der Waals surface area contributed by atoms with Crippen molar-refractivity contribution >= 4 is 5.71 Å². The summed E-state index contributed by atoms with van der Waals surface area (Å²) < 4.78 is 0. The lowest BCUT2D eigenvalue weighted by Crippen LogP contribution is -2.10. The summed E-state index contributed by atoms with van der Waals surface area (Å²) in [6.45, 7) is 0. The van der Waals surface area contributed by atoms with E-state index in [9.17, 15) is 0 Å². The van der Waals surface area contributed by atoms with Crippen molar-refractivity contribution in [2.75, 3.05) is 0 Å². The fraction of sp³-hybridized carbons (Fsp3) is 0.0678. The van der Waals surface area contributed by atoms with Gasteiger partial charge in [-0.2, -0.15) is 0 Å². The number of aryl methyl sites for hydroxylation is 1. The van der Waals surface area contributed by atoms with Crippen LogP contribution in [0.5, 0.6) is 0 Å². The van der Waals surface area contributed by atoms with E-state index in [1.807, 2.05) is 0 Å². The summed E-state index contributed by atoms with van der Waals surface area (Å²) in [6.07, 6.45) is 13.1. The average Bonchev–Trinajstić information content (AvgIpc) is 3.33. The highest BCUT2D eigenvalue weighted by Gasteiger charge is 2.24. The minimum atomic E-state index is 0.986. The standard InChI is InChI=1S/C59H45N/c1-6-20-44(21-7-1)53-41-54(57(47-27-12-4-13-28-47)58(48-29-14-5-15-30-48)56(53)46-25-10-3-11-26-46)51-33-18-32-50(40-51)42-36-38-49(39-37-42)59-52-34-17-16-22-43(52)31-19-35-55(60-59)45-23-8-2-9-24-45/h1-8,10-18,20-23,25-30,32-41H,9,19,24,31H2. The zero-order chi connectivity index (χ0) is 40.1. The van der Waals surface area contributed by atoms with Gasteiger partial charge in [0.25, 0.3) is 0 Å². The van der Waals surface area contributed by atoms with Crippen LogP contribution in [-0.4, -0.2) is 5.71 Å². The first-order valence-electron chi connectivity index (χ1n) is 21.2. The smallest absolute Gasteiger partial charge is 0.0784 e. The second kappa shape index (κ2) is 16.9. The highest BCUT2D eigenvalue weighted by Crippen LogP contribution is 2.50. The second-order valence-corrected chi connectivity index (χ2v) is 15.6. The van der Waals surface area contributed by atoms with Gasteiger partial charge in [-0.15, -0.1) is 0 Å². The fourth-order valence-corrected chi connectivity index (χ4v) is 8.94. The maximum absolute atomic E-state index is 5.44. The molecule has 1 nitrogen and oxygen atoms in total. The molecule has 1 aliphatic carbocycles. The highest BCUT2D eigenvalue weighted by atomic mass is 14.8. The molecule has 0 atom stereocenters. The molecule has 0 spiro atoms. The normalized spacial score (nSPS) is 13.6. The van der Waals surface area contributed by atoms with Crippen LogP contribution in [0, 0.1) is 0 Å². The molecule has 0 radical (unpaired) electrons. The van der Waals surface area contributed by atoms with Crippen molar-refractivity contribution in [2.24, 2.45) is 4.99 Å². The molecule has 0 saturated heterocycles. The monoisotopic (exact) mass is 767 g/mol. The number of nitrogens with zero attached hydrogens (tertiary/aromatic N) is 1. The molecule has 8 aromatic rings. The Bertz CT molecular complexity index is 2910. The lowest BCUT2D eigenvalue weighted by molar-refractivity contribution is 0.932. The molecule has 0 bridgehead atoms. The highest BCUT2D eigenvalue weighted by molar-refractivity contribution is 6.14. The maximum Gasteiger partial charge on any atom is 0.0784 e. The number of rotatable bonds is 8. The Morgan fingerprint density at radius 2 is 0.883 bits per heavy atom. The van der Waals surface area contributed by atoms with Crippen molar-refractivity contribution in [2.45, 2.75) is 25.7 Å². The van der Waals surface area contributed by atoms with Crippen molar-refractivity contribution in [3.63, 3.8) is 0 Å². The second-order valence-electron chi connectivity index (χ2n) is 15.6. The van der Waals surface area contributed by atoms with Gasteiger partial charge in [0, 0.05) is 11.1 Å². The van der Waals surface area contributed by atoms with Crippen LogP contribution in [0.2, 0.25) is 0 Å². The van der Waals surface area contributed by atoms with Gasteiger partial charge in [-0.05, 0) is 116 Å². The van der Waals surface area contributed by atoms with Crippen LogP contribution in [-0.2, 0) is 6.42 Å². The molecule has 0 unspecified atom stereocenters. The van der Waals surface area contributed by atoms with E-state index in [4.69, 9.17) is 4.99 Å². The number of benzene rings is 8. The van der Waals surface area contributed by atoms with E-state index in [1.165, 1.54) is 83.5 Å². The summed E-state index contributed by atoms with van der Waals surface area (Å²) in [5, 5.41) is 0. The molecule has 60 heavy (non-hydrogen) atoms. The fourth-order valence-electron chi connectivity index (χ4n) is 8.94. The summed E-state index contributed by atoms with van der Waals surface area (Å²) >= 11 is 0. The molecule has 0 N–H and O–H groups in total. The Hall–Kier alpha value is -7.35. The minimum absolute atomic E-state index is 0.986. The molecule has 0 fully saturated rings. The first-order chi connectivity index (χ1) is 29.8. The molecule has 1 aliphatic heterocycles. The van der Waals surface area contributed by atoms with Crippen molar-refractivity contribution in [3.8, 4) is 66.8 Å². The van der Waals surface area contributed by atoms with E-state index in [0.29, 0.717) is 0 Å². The molecule has 1 heteroatoms. The Balaban J connectivity index is 1.14. The van der Waals surface area contributed by atoms with E-state index in [0.717, 1.165) is 42.7 Å². The van der Waals surface area contributed by atoms with E-state index in [2.05, 4.69) is 224 Å². The van der Waals surface area contributed by atoms with Gasteiger partial charge < -0.3 is 0 Å². The summed E-state index contributed by atoms with van der Waals surface area (Å²) in [5.74, 6) is 0. The van der Waals surface area contributed by atoms with Crippen LogP contribution in [0.3, 0.4) is 0 Å². The summed E-state index contributed by atoms with van der Waals surface area (Å²) in [7, 11) is 0. The number of hydrogen-bond acceptors (Lipinski definition) is 1. The number of aliphatic imine (C=N–C) groups is 1. The molecule has 0 aromatic heterocycles. The summed E-state index contributed by atoms with van der Waals surface area (Å²) in [5.41, 5.74) is 21.5. The van der Waals surface area contributed by atoms with Gasteiger partial charge in [0.05, 0.1) is 11.4 Å². The van der Waals surface area contributed by atoms with Crippen molar-refractivity contribution in [3.05, 3.63) is 252 Å². The SMILES string of the molecule is C1=CCCC(C2=CCCc3ccccc3C(c3ccc(-c4cccc(-c5cc(-c6ccccc6)c(-c6ccccc6)c(-c6ccccc6)c5-c5ccccc5)c4)cc3)=N2)=C1. The average molecular weight is 768 g/mol. The quantitative estimate of drug-likeness (QED) is 0.146.